The van der Waals surface area contributed by atoms with E-state index in [1.165, 1.54) is 6.33 Å². The van der Waals surface area contributed by atoms with Crippen LogP contribution in [0.4, 0.5) is 0 Å². The van der Waals surface area contributed by atoms with Crippen LogP contribution in [0.3, 0.4) is 0 Å². The zero-order chi connectivity index (χ0) is 19.2. The Morgan fingerprint density at radius 3 is 2.53 bits per heavy atom. The van der Waals surface area contributed by atoms with Crippen LogP contribution in [-0.2, 0) is 6.54 Å². The third kappa shape index (κ3) is 5.78. The number of halogens is 2. The quantitative estimate of drug-likeness (QED) is 0.647. The highest BCUT2D eigenvalue weighted by Gasteiger charge is 2.26. The van der Waals surface area contributed by atoms with Gasteiger partial charge in [-0.2, -0.15) is 0 Å². The van der Waals surface area contributed by atoms with Crippen molar-refractivity contribution in [2.45, 2.75) is 31.8 Å². The third-order valence-electron chi connectivity index (χ3n) is 5.13. The molecule has 2 aromatic heterocycles. The van der Waals surface area contributed by atoms with Gasteiger partial charge in [-0.3, -0.25) is 4.79 Å². The van der Waals surface area contributed by atoms with Gasteiger partial charge in [0.1, 0.15) is 6.33 Å². The molecule has 1 N–H and O–H groups in total. The number of rotatable bonds is 5. The molecule has 1 fully saturated rings. The second-order valence-corrected chi connectivity index (χ2v) is 7.03. The van der Waals surface area contributed by atoms with E-state index in [-0.39, 0.29) is 36.8 Å². The molecule has 0 saturated carbocycles. The van der Waals surface area contributed by atoms with E-state index in [2.05, 4.69) is 20.3 Å². The van der Waals surface area contributed by atoms with Crippen LogP contribution >= 0.6 is 24.8 Å². The molecule has 0 bridgehead atoms. The van der Waals surface area contributed by atoms with E-state index in [0.717, 1.165) is 43.6 Å². The maximum Gasteiger partial charge on any atom is 0.254 e. The Morgan fingerprint density at radius 2 is 1.83 bits per heavy atom. The number of nitrogens with one attached hydrogen (secondary N) is 1. The molecule has 4 rings (SSSR count). The molecule has 1 unspecified atom stereocenters. The summed E-state index contributed by atoms with van der Waals surface area (Å²) in [4.78, 5) is 27.7. The van der Waals surface area contributed by atoms with Gasteiger partial charge in [-0.05, 0) is 56.6 Å². The van der Waals surface area contributed by atoms with Gasteiger partial charge in [-0.25, -0.2) is 15.0 Å². The molecule has 160 valence electrons. The standard InChI is InChI=1S/C21H24N6O.2ClH/c28-21(18-3-5-19(6-4-18)26-11-10-23-16-26)27(14-17-12-24-15-25-13-17)20-2-1-8-22-9-7-20;;/h3-6,10-13,15-16,20,22H,1-2,7-9,14H2;2*1H. The van der Waals surface area contributed by atoms with Gasteiger partial charge in [0, 0.05) is 54.2 Å². The number of benzene rings is 1. The molecule has 1 aliphatic rings. The molecule has 7 nitrogen and oxygen atoms in total. The summed E-state index contributed by atoms with van der Waals surface area (Å²) in [7, 11) is 0. The van der Waals surface area contributed by atoms with Gasteiger partial charge in [0.2, 0.25) is 0 Å². The van der Waals surface area contributed by atoms with Crippen molar-refractivity contribution in [2.24, 2.45) is 0 Å². The minimum absolute atomic E-state index is 0. The molecule has 1 amide bonds. The predicted octanol–water partition coefficient (Wildman–Crippen LogP) is 3.29. The fraction of sp³-hybridized carbons (Fsp3) is 0.333. The summed E-state index contributed by atoms with van der Waals surface area (Å²) in [5.74, 6) is 0.0490. The van der Waals surface area contributed by atoms with Crippen LogP contribution in [0.2, 0.25) is 0 Å². The minimum Gasteiger partial charge on any atom is -0.331 e. The Hall–Kier alpha value is -2.48. The van der Waals surface area contributed by atoms with E-state index in [1.54, 1.807) is 24.9 Å². The molecule has 0 spiro atoms. The number of nitrogens with zero attached hydrogens (tertiary/aromatic N) is 5. The second kappa shape index (κ2) is 11.6. The van der Waals surface area contributed by atoms with Crippen LogP contribution < -0.4 is 5.32 Å². The molecule has 0 aliphatic carbocycles. The molecule has 1 atom stereocenters. The molecule has 3 aromatic rings. The van der Waals surface area contributed by atoms with E-state index < -0.39 is 0 Å². The number of carbonyl (C=O) groups excluding carboxylic acids is 1. The molecule has 9 heteroatoms. The maximum atomic E-state index is 13.4. The van der Waals surface area contributed by atoms with Crippen molar-refractivity contribution in [1.29, 1.82) is 0 Å². The number of carbonyl (C=O) groups is 1. The van der Waals surface area contributed by atoms with Gasteiger partial charge in [-0.15, -0.1) is 24.8 Å². The van der Waals surface area contributed by atoms with Crippen molar-refractivity contribution in [2.75, 3.05) is 13.1 Å². The Bertz CT molecular complexity index is 882. The SMILES string of the molecule is Cl.Cl.O=C(c1ccc(-n2ccnc2)cc1)N(Cc1cncnc1)C1CCCNCC1. The van der Waals surface area contributed by atoms with E-state index in [1.807, 2.05) is 39.9 Å². The van der Waals surface area contributed by atoms with Crippen molar-refractivity contribution in [3.63, 3.8) is 0 Å². The zero-order valence-electron chi connectivity index (χ0n) is 16.6. The largest absolute Gasteiger partial charge is 0.331 e. The van der Waals surface area contributed by atoms with Crippen LogP contribution in [0.5, 0.6) is 0 Å². The number of imidazole rings is 1. The molecule has 30 heavy (non-hydrogen) atoms. The second-order valence-electron chi connectivity index (χ2n) is 7.03. The lowest BCUT2D eigenvalue weighted by atomic mass is 10.0. The van der Waals surface area contributed by atoms with E-state index in [0.29, 0.717) is 12.1 Å². The monoisotopic (exact) mass is 448 g/mol. The van der Waals surface area contributed by atoms with Crippen LogP contribution in [0.15, 0.2) is 61.7 Å². The Morgan fingerprint density at radius 1 is 1.07 bits per heavy atom. The van der Waals surface area contributed by atoms with Crippen molar-refractivity contribution >= 4 is 30.7 Å². The maximum absolute atomic E-state index is 13.4. The number of aromatic nitrogens is 4. The Kier molecular flexibility index (Phi) is 9.23. The summed E-state index contributed by atoms with van der Waals surface area (Å²) in [5, 5.41) is 3.43. The van der Waals surface area contributed by atoms with Crippen molar-refractivity contribution in [3.8, 4) is 5.69 Å². The molecule has 1 saturated heterocycles. The fourth-order valence-corrected chi connectivity index (χ4v) is 3.64. The molecular formula is C21H26Cl2N6O. The summed E-state index contributed by atoms with van der Waals surface area (Å²) < 4.78 is 1.92. The summed E-state index contributed by atoms with van der Waals surface area (Å²) in [6, 6.07) is 7.89. The summed E-state index contributed by atoms with van der Waals surface area (Å²) in [6.45, 7) is 2.46. The zero-order valence-corrected chi connectivity index (χ0v) is 18.2. The van der Waals surface area contributed by atoms with Gasteiger partial charge >= 0.3 is 0 Å². The summed E-state index contributed by atoms with van der Waals surface area (Å²) in [5.41, 5.74) is 2.62. The molecular weight excluding hydrogens is 423 g/mol. The van der Waals surface area contributed by atoms with Gasteiger partial charge in [0.05, 0.1) is 6.33 Å². The average molecular weight is 449 g/mol. The lowest BCUT2D eigenvalue weighted by Crippen LogP contribution is -2.40. The van der Waals surface area contributed by atoms with Crippen LogP contribution in [0, 0.1) is 0 Å². The van der Waals surface area contributed by atoms with E-state index in [4.69, 9.17) is 0 Å². The first kappa shape index (κ1) is 23.8. The van der Waals surface area contributed by atoms with Gasteiger partial charge in [-0.1, -0.05) is 0 Å². The first-order valence-electron chi connectivity index (χ1n) is 9.65. The topological polar surface area (TPSA) is 75.9 Å². The van der Waals surface area contributed by atoms with Crippen molar-refractivity contribution in [1.82, 2.24) is 29.7 Å². The number of hydrogen-bond acceptors (Lipinski definition) is 5. The molecule has 0 radical (unpaired) electrons. The summed E-state index contributed by atoms with van der Waals surface area (Å²) >= 11 is 0. The van der Waals surface area contributed by atoms with E-state index >= 15 is 0 Å². The van der Waals surface area contributed by atoms with Crippen LogP contribution in [0.25, 0.3) is 5.69 Å². The Balaban J connectivity index is 0.00000160. The highest BCUT2D eigenvalue weighted by atomic mass is 35.5. The minimum atomic E-state index is 0. The first-order valence-corrected chi connectivity index (χ1v) is 9.65. The Labute approximate surface area is 188 Å². The normalized spacial score (nSPS) is 15.9. The van der Waals surface area contributed by atoms with Crippen molar-refractivity contribution in [3.05, 3.63) is 72.8 Å². The average Bonchev–Trinajstić information content (AvgIpc) is 3.15. The lowest BCUT2D eigenvalue weighted by molar-refractivity contribution is 0.0645. The number of hydrogen-bond donors (Lipinski definition) is 1. The van der Waals surface area contributed by atoms with Crippen molar-refractivity contribution < 1.29 is 4.79 Å². The molecule has 1 aromatic carbocycles. The third-order valence-corrected chi connectivity index (χ3v) is 5.13. The highest BCUT2D eigenvalue weighted by Crippen LogP contribution is 2.20. The van der Waals surface area contributed by atoms with Crippen LogP contribution in [0.1, 0.15) is 35.2 Å². The van der Waals surface area contributed by atoms with Crippen LogP contribution in [-0.4, -0.2) is 49.5 Å². The van der Waals surface area contributed by atoms with Gasteiger partial charge in [0.25, 0.3) is 5.91 Å². The smallest absolute Gasteiger partial charge is 0.254 e. The summed E-state index contributed by atoms with van der Waals surface area (Å²) in [6.07, 6.45) is 13.5. The number of amides is 1. The van der Waals surface area contributed by atoms with Gasteiger partial charge in [0.15, 0.2) is 0 Å². The molecule has 3 heterocycles. The molecule has 1 aliphatic heterocycles. The van der Waals surface area contributed by atoms with Gasteiger partial charge < -0.3 is 14.8 Å². The highest BCUT2D eigenvalue weighted by molar-refractivity contribution is 5.94. The fourth-order valence-electron chi connectivity index (χ4n) is 3.64. The predicted molar refractivity (Wildman–Crippen MR) is 120 cm³/mol. The lowest BCUT2D eigenvalue weighted by Gasteiger charge is -2.31. The first-order chi connectivity index (χ1) is 13.8. The van der Waals surface area contributed by atoms with E-state index in [9.17, 15) is 4.79 Å².